The molecule has 7 nitrogen and oxygen atoms in total. The van der Waals surface area contributed by atoms with Crippen molar-refractivity contribution in [2.45, 2.75) is 35.9 Å². The molecular formula is C34H36N2O5S. The summed E-state index contributed by atoms with van der Waals surface area (Å²) >= 11 is 0. The van der Waals surface area contributed by atoms with Gasteiger partial charge in [-0.05, 0) is 48.0 Å². The van der Waals surface area contributed by atoms with Gasteiger partial charge in [0, 0.05) is 30.3 Å². The molecule has 4 aromatic rings. The Bertz CT molecular complexity index is 1560. The van der Waals surface area contributed by atoms with Gasteiger partial charge in [0.05, 0.1) is 23.7 Å². The summed E-state index contributed by atoms with van der Waals surface area (Å²) < 4.78 is 42.1. The molecule has 1 aliphatic rings. The third-order valence-electron chi connectivity index (χ3n) is 7.37. The fourth-order valence-electron chi connectivity index (χ4n) is 5.33. The van der Waals surface area contributed by atoms with E-state index < -0.39 is 16.3 Å². The number of hydrogen-bond acceptors (Lipinski definition) is 6. The molecule has 218 valence electrons. The average Bonchev–Trinajstić information content (AvgIpc) is 3.01. The van der Waals surface area contributed by atoms with E-state index >= 15 is 0 Å². The fourth-order valence-corrected chi connectivity index (χ4v) is 6.40. The van der Waals surface area contributed by atoms with Gasteiger partial charge in [-0.15, -0.1) is 6.58 Å². The van der Waals surface area contributed by atoms with Gasteiger partial charge in [-0.1, -0.05) is 91.0 Å². The molecule has 1 saturated heterocycles. The van der Waals surface area contributed by atoms with Crippen molar-refractivity contribution >= 4 is 15.7 Å². The number of likely N-dealkylation sites (N-methyl/N-ethyl adjacent to an activating group) is 1. The van der Waals surface area contributed by atoms with Crippen LogP contribution in [0.5, 0.6) is 0 Å². The molecule has 0 aliphatic carbocycles. The highest BCUT2D eigenvalue weighted by molar-refractivity contribution is 7.92. The number of nitrogens with one attached hydrogen (secondary N) is 1. The van der Waals surface area contributed by atoms with Crippen molar-refractivity contribution < 1.29 is 23.0 Å². The lowest BCUT2D eigenvalue weighted by atomic mass is 9.83. The summed E-state index contributed by atoms with van der Waals surface area (Å²) in [5.41, 5.74) is 3.99. The van der Waals surface area contributed by atoms with Gasteiger partial charge < -0.3 is 19.5 Å². The number of anilines is 1. The van der Waals surface area contributed by atoms with Crippen LogP contribution in [0.1, 0.15) is 40.6 Å². The Balaban J connectivity index is 1.51. The molecule has 0 saturated carbocycles. The van der Waals surface area contributed by atoms with Crippen LogP contribution in [0.4, 0.5) is 5.69 Å². The molecule has 2 N–H and O–H groups in total. The van der Waals surface area contributed by atoms with Crippen molar-refractivity contribution in [3.63, 3.8) is 0 Å². The Hall–Kier alpha value is -3.79. The summed E-state index contributed by atoms with van der Waals surface area (Å²) in [4.78, 5) is 2.34. The molecule has 4 aromatic carbocycles. The van der Waals surface area contributed by atoms with Crippen molar-refractivity contribution in [2.75, 3.05) is 24.9 Å². The molecule has 0 aromatic heterocycles. The van der Waals surface area contributed by atoms with Gasteiger partial charge in [-0.2, -0.15) is 0 Å². The van der Waals surface area contributed by atoms with Crippen molar-refractivity contribution in [3.8, 4) is 0 Å². The number of sulfonamides is 1. The van der Waals surface area contributed by atoms with E-state index in [0.29, 0.717) is 24.3 Å². The molecule has 0 amide bonds. The number of benzene rings is 4. The van der Waals surface area contributed by atoms with Crippen LogP contribution in [-0.2, 0) is 26.1 Å². The van der Waals surface area contributed by atoms with Crippen molar-refractivity contribution in [1.29, 1.82) is 0 Å². The first-order valence-electron chi connectivity index (χ1n) is 13.9. The van der Waals surface area contributed by atoms with Crippen LogP contribution in [0.25, 0.3) is 0 Å². The highest BCUT2D eigenvalue weighted by Gasteiger charge is 2.42. The van der Waals surface area contributed by atoms with E-state index in [1.807, 2.05) is 61.7 Å². The first-order valence-corrected chi connectivity index (χ1v) is 15.4. The Kier molecular flexibility index (Phi) is 9.51. The van der Waals surface area contributed by atoms with E-state index in [-0.39, 0.29) is 29.6 Å². The number of nitrogens with zero attached hydrogens (tertiary/aromatic N) is 1. The van der Waals surface area contributed by atoms with Gasteiger partial charge in [0.25, 0.3) is 10.0 Å². The lowest BCUT2D eigenvalue weighted by Crippen LogP contribution is -2.43. The Morgan fingerprint density at radius 1 is 0.857 bits per heavy atom. The van der Waals surface area contributed by atoms with Crippen molar-refractivity contribution in [3.05, 3.63) is 144 Å². The second-order valence-electron chi connectivity index (χ2n) is 10.5. The lowest BCUT2D eigenvalue weighted by molar-refractivity contribution is -0.263. The quantitative estimate of drug-likeness (QED) is 0.209. The topological polar surface area (TPSA) is 88.1 Å². The first-order chi connectivity index (χ1) is 20.4. The molecule has 42 heavy (non-hydrogen) atoms. The number of ether oxygens (including phenoxy) is 2. The molecular weight excluding hydrogens is 548 g/mol. The smallest absolute Gasteiger partial charge is 0.261 e. The molecule has 1 aliphatic heterocycles. The van der Waals surface area contributed by atoms with Crippen LogP contribution in [0.2, 0.25) is 0 Å². The van der Waals surface area contributed by atoms with Gasteiger partial charge in [0.1, 0.15) is 0 Å². The lowest BCUT2D eigenvalue weighted by Gasteiger charge is -2.44. The Labute approximate surface area is 248 Å². The van der Waals surface area contributed by atoms with Gasteiger partial charge in [-0.3, -0.25) is 4.72 Å². The molecule has 0 bridgehead atoms. The zero-order chi connectivity index (χ0) is 29.5. The first kappa shape index (κ1) is 29.7. The van der Waals surface area contributed by atoms with E-state index in [1.165, 1.54) is 0 Å². The Morgan fingerprint density at radius 3 is 2.19 bits per heavy atom. The SMILES string of the molecule is C=CCN(C)C[C@H]1OC(c2cccc(NS(=O)(=O)c3ccccc3)c2)O[C@@H](c2ccc(CO)cc2)[C@@H]1c1ccccc1. The zero-order valence-corrected chi connectivity index (χ0v) is 24.4. The predicted octanol–water partition coefficient (Wildman–Crippen LogP) is 6.04. The second kappa shape index (κ2) is 13.5. The standard InChI is InChI=1S/C34H36N2O5S/c1-3-21-36(2)23-31-32(26-11-6-4-7-12-26)33(27-19-17-25(24-37)18-20-27)41-34(40-31)28-13-10-14-29(22-28)35-42(38,39)30-15-8-5-9-16-30/h3-20,22,31-35,37H,1,21,23-24H2,2H3/t31-,32-,33+,34?/m1/s1. The number of hydrogen-bond donors (Lipinski definition) is 2. The van der Waals surface area contributed by atoms with E-state index in [0.717, 1.165) is 16.7 Å². The van der Waals surface area contributed by atoms with Gasteiger partial charge in [0.15, 0.2) is 6.29 Å². The summed E-state index contributed by atoms with van der Waals surface area (Å²) in [6.45, 7) is 5.16. The molecule has 1 heterocycles. The third kappa shape index (κ3) is 6.98. The molecule has 4 atom stereocenters. The van der Waals surface area contributed by atoms with Crippen LogP contribution < -0.4 is 4.72 Å². The highest BCUT2D eigenvalue weighted by Crippen LogP contribution is 2.47. The van der Waals surface area contributed by atoms with Crippen molar-refractivity contribution in [1.82, 2.24) is 4.90 Å². The molecule has 1 unspecified atom stereocenters. The number of rotatable bonds is 11. The van der Waals surface area contributed by atoms with Gasteiger partial charge >= 0.3 is 0 Å². The minimum absolute atomic E-state index is 0.0414. The van der Waals surface area contributed by atoms with E-state index in [4.69, 9.17) is 9.47 Å². The fraction of sp³-hybridized carbons (Fsp3) is 0.235. The normalized spacial score (nSPS) is 20.7. The maximum atomic E-state index is 13.0. The van der Waals surface area contributed by atoms with Crippen LogP contribution in [0, 0.1) is 0 Å². The van der Waals surface area contributed by atoms with Crippen molar-refractivity contribution in [2.24, 2.45) is 0 Å². The molecule has 0 spiro atoms. The molecule has 5 rings (SSSR count). The largest absolute Gasteiger partial charge is 0.392 e. The summed E-state index contributed by atoms with van der Waals surface area (Å²) in [5, 5.41) is 9.62. The minimum atomic E-state index is -3.77. The highest BCUT2D eigenvalue weighted by atomic mass is 32.2. The van der Waals surface area contributed by atoms with E-state index in [9.17, 15) is 13.5 Å². The minimum Gasteiger partial charge on any atom is -0.392 e. The van der Waals surface area contributed by atoms with Gasteiger partial charge in [-0.25, -0.2) is 8.42 Å². The Morgan fingerprint density at radius 2 is 1.52 bits per heavy atom. The molecule has 8 heteroatoms. The average molecular weight is 585 g/mol. The van der Waals surface area contributed by atoms with Crippen LogP contribution in [-0.4, -0.2) is 44.7 Å². The summed E-state index contributed by atoms with van der Waals surface area (Å²) in [5.74, 6) is -0.130. The van der Waals surface area contributed by atoms with Crippen LogP contribution >= 0.6 is 0 Å². The van der Waals surface area contributed by atoms with Gasteiger partial charge in [0.2, 0.25) is 0 Å². The van der Waals surface area contributed by atoms with E-state index in [2.05, 4.69) is 28.3 Å². The summed E-state index contributed by atoms with van der Waals surface area (Å²) in [7, 11) is -1.74. The van der Waals surface area contributed by atoms with E-state index in [1.54, 1.807) is 48.5 Å². The predicted molar refractivity (Wildman–Crippen MR) is 164 cm³/mol. The second-order valence-corrected chi connectivity index (χ2v) is 12.1. The van der Waals surface area contributed by atoms with Crippen LogP contribution in [0.3, 0.4) is 0 Å². The summed E-state index contributed by atoms with van der Waals surface area (Å²) in [6, 6.07) is 33.4. The monoisotopic (exact) mass is 584 g/mol. The number of aliphatic hydroxyl groups excluding tert-OH is 1. The summed E-state index contributed by atoms with van der Waals surface area (Å²) in [6.07, 6.45) is 0.478. The third-order valence-corrected chi connectivity index (χ3v) is 8.76. The maximum Gasteiger partial charge on any atom is 0.261 e. The van der Waals surface area contributed by atoms with Crippen LogP contribution in [0.15, 0.2) is 127 Å². The maximum absolute atomic E-state index is 13.0. The molecule has 0 radical (unpaired) electrons. The zero-order valence-electron chi connectivity index (χ0n) is 23.5. The molecule has 1 fully saturated rings. The number of aliphatic hydroxyl groups is 1.